The van der Waals surface area contributed by atoms with Crippen molar-refractivity contribution in [1.29, 1.82) is 0 Å². The summed E-state index contributed by atoms with van der Waals surface area (Å²) in [5.74, 6) is -1.14. The number of nitrogens with one attached hydrogen (secondary N) is 1. The van der Waals surface area contributed by atoms with Crippen LogP contribution in [0.2, 0.25) is 0 Å². The molecule has 0 saturated heterocycles. The summed E-state index contributed by atoms with van der Waals surface area (Å²) in [6, 6.07) is 4.04. The van der Waals surface area contributed by atoms with Gasteiger partial charge < -0.3 is 14.8 Å². The standard InChI is InChI=1S/C16H20FNO4/c1-16(2,3)22-15(20)18-9-5-6-11-7-8-12(10-13(11)17)14(19)21-4/h5-8,10H,9H2,1-4H3,(H,18,20). The molecule has 5 nitrogen and oxygen atoms in total. The molecule has 0 aliphatic carbocycles. The second kappa shape index (κ2) is 7.59. The Balaban J connectivity index is 2.57. The zero-order valence-electron chi connectivity index (χ0n) is 13.1. The smallest absolute Gasteiger partial charge is 0.407 e. The van der Waals surface area contributed by atoms with Gasteiger partial charge in [0.05, 0.1) is 12.7 Å². The fraction of sp³-hybridized carbons (Fsp3) is 0.375. The van der Waals surface area contributed by atoms with Crippen LogP contribution in [0.5, 0.6) is 0 Å². The van der Waals surface area contributed by atoms with E-state index in [9.17, 15) is 14.0 Å². The van der Waals surface area contributed by atoms with Crippen molar-refractivity contribution in [3.05, 3.63) is 41.2 Å². The van der Waals surface area contributed by atoms with Crippen LogP contribution in [0.3, 0.4) is 0 Å². The number of benzene rings is 1. The number of halogens is 1. The van der Waals surface area contributed by atoms with Gasteiger partial charge in [0.15, 0.2) is 0 Å². The van der Waals surface area contributed by atoms with Gasteiger partial charge in [0, 0.05) is 12.1 Å². The van der Waals surface area contributed by atoms with Gasteiger partial charge in [0.25, 0.3) is 0 Å². The number of amides is 1. The molecule has 0 atom stereocenters. The number of esters is 1. The first-order chi connectivity index (χ1) is 10.2. The summed E-state index contributed by atoms with van der Waals surface area (Å²) in [7, 11) is 1.23. The number of hydrogen-bond acceptors (Lipinski definition) is 4. The van der Waals surface area contributed by atoms with Crippen LogP contribution in [0, 0.1) is 5.82 Å². The number of hydrogen-bond donors (Lipinski definition) is 1. The van der Waals surface area contributed by atoms with Crippen molar-refractivity contribution in [1.82, 2.24) is 5.32 Å². The molecule has 0 aliphatic heterocycles. The molecular weight excluding hydrogens is 289 g/mol. The molecule has 0 saturated carbocycles. The fourth-order valence-electron chi connectivity index (χ4n) is 1.55. The maximum atomic E-state index is 13.8. The Morgan fingerprint density at radius 1 is 1.32 bits per heavy atom. The number of rotatable bonds is 4. The zero-order chi connectivity index (χ0) is 16.8. The van der Waals surface area contributed by atoms with Crippen LogP contribution in [0.4, 0.5) is 9.18 Å². The molecule has 1 aromatic rings. The summed E-state index contributed by atoms with van der Waals surface area (Å²) in [5.41, 5.74) is -0.119. The molecule has 0 aliphatic rings. The third-order valence-electron chi connectivity index (χ3n) is 2.48. The predicted molar refractivity (Wildman–Crippen MR) is 81.0 cm³/mol. The normalized spacial score (nSPS) is 11.3. The average Bonchev–Trinajstić information content (AvgIpc) is 2.42. The van der Waals surface area contributed by atoms with E-state index in [1.807, 2.05) is 0 Å². The minimum Gasteiger partial charge on any atom is -0.465 e. The Hall–Kier alpha value is -2.37. The van der Waals surface area contributed by atoms with Crippen LogP contribution in [0.1, 0.15) is 36.7 Å². The quantitative estimate of drug-likeness (QED) is 0.868. The maximum Gasteiger partial charge on any atom is 0.407 e. The van der Waals surface area contributed by atoms with E-state index in [4.69, 9.17) is 4.74 Å². The molecule has 120 valence electrons. The molecule has 1 rings (SSSR count). The molecular formula is C16H20FNO4. The van der Waals surface area contributed by atoms with Gasteiger partial charge >= 0.3 is 12.1 Å². The summed E-state index contributed by atoms with van der Waals surface area (Å²) >= 11 is 0. The van der Waals surface area contributed by atoms with Crippen molar-refractivity contribution in [3.8, 4) is 0 Å². The van der Waals surface area contributed by atoms with E-state index >= 15 is 0 Å². The monoisotopic (exact) mass is 309 g/mol. The van der Waals surface area contributed by atoms with Gasteiger partial charge in [-0.25, -0.2) is 14.0 Å². The molecule has 0 radical (unpaired) electrons. The van der Waals surface area contributed by atoms with Gasteiger partial charge in [0.1, 0.15) is 11.4 Å². The van der Waals surface area contributed by atoms with Crippen molar-refractivity contribution >= 4 is 18.1 Å². The van der Waals surface area contributed by atoms with Gasteiger partial charge in [-0.2, -0.15) is 0 Å². The molecule has 22 heavy (non-hydrogen) atoms. The van der Waals surface area contributed by atoms with E-state index in [1.165, 1.54) is 25.3 Å². The van der Waals surface area contributed by atoms with E-state index in [-0.39, 0.29) is 12.1 Å². The Bertz CT molecular complexity index is 576. The molecule has 0 spiro atoms. The van der Waals surface area contributed by atoms with E-state index in [1.54, 1.807) is 26.8 Å². The lowest BCUT2D eigenvalue weighted by Crippen LogP contribution is -2.32. The van der Waals surface area contributed by atoms with Crippen molar-refractivity contribution in [2.24, 2.45) is 0 Å². The topological polar surface area (TPSA) is 64.6 Å². The minimum absolute atomic E-state index is 0.143. The Morgan fingerprint density at radius 2 is 2.00 bits per heavy atom. The summed E-state index contributed by atoms with van der Waals surface area (Å²) in [5, 5.41) is 2.52. The molecule has 0 aromatic heterocycles. The van der Waals surface area contributed by atoms with Crippen LogP contribution >= 0.6 is 0 Å². The van der Waals surface area contributed by atoms with E-state index in [0.717, 1.165) is 6.07 Å². The lowest BCUT2D eigenvalue weighted by molar-refractivity contribution is 0.0532. The fourth-order valence-corrected chi connectivity index (χ4v) is 1.55. The number of alkyl carbamates (subject to hydrolysis) is 1. The van der Waals surface area contributed by atoms with Crippen molar-refractivity contribution in [2.45, 2.75) is 26.4 Å². The number of ether oxygens (including phenoxy) is 2. The summed E-state index contributed by atoms with van der Waals surface area (Å²) in [4.78, 5) is 22.7. The van der Waals surface area contributed by atoms with Crippen molar-refractivity contribution in [2.75, 3.05) is 13.7 Å². The summed E-state index contributed by atoms with van der Waals surface area (Å²) in [6.45, 7) is 5.50. The van der Waals surface area contributed by atoms with Gasteiger partial charge in [-0.05, 0) is 32.9 Å². The Morgan fingerprint density at radius 3 is 2.55 bits per heavy atom. The molecule has 1 aromatic carbocycles. The number of carbonyl (C=O) groups is 2. The highest BCUT2D eigenvalue weighted by molar-refractivity contribution is 5.89. The number of methoxy groups -OCH3 is 1. The Kier molecular flexibility index (Phi) is 6.10. The molecule has 0 heterocycles. The highest BCUT2D eigenvalue weighted by atomic mass is 19.1. The van der Waals surface area contributed by atoms with Crippen LogP contribution < -0.4 is 5.32 Å². The SMILES string of the molecule is COC(=O)c1ccc(C=CCNC(=O)OC(C)(C)C)c(F)c1. The average molecular weight is 309 g/mol. The lowest BCUT2D eigenvalue weighted by atomic mass is 10.1. The first-order valence-corrected chi connectivity index (χ1v) is 6.74. The van der Waals surface area contributed by atoms with Gasteiger partial charge in [-0.1, -0.05) is 18.2 Å². The molecule has 0 fully saturated rings. The van der Waals surface area contributed by atoms with Gasteiger partial charge in [-0.3, -0.25) is 0 Å². The Labute approximate surface area is 129 Å². The lowest BCUT2D eigenvalue weighted by Gasteiger charge is -2.19. The largest absolute Gasteiger partial charge is 0.465 e. The molecule has 1 amide bonds. The van der Waals surface area contributed by atoms with Crippen LogP contribution in [-0.2, 0) is 9.47 Å². The van der Waals surface area contributed by atoms with Crippen LogP contribution in [-0.4, -0.2) is 31.3 Å². The molecule has 1 N–H and O–H groups in total. The van der Waals surface area contributed by atoms with Crippen molar-refractivity contribution in [3.63, 3.8) is 0 Å². The van der Waals surface area contributed by atoms with Crippen LogP contribution in [0.15, 0.2) is 24.3 Å². The molecule has 6 heteroatoms. The van der Waals surface area contributed by atoms with Gasteiger partial charge in [-0.15, -0.1) is 0 Å². The zero-order valence-corrected chi connectivity index (χ0v) is 13.1. The van der Waals surface area contributed by atoms with E-state index in [2.05, 4.69) is 10.1 Å². The second-order valence-electron chi connectivity index (χ2n) is 5.51. The number of carbonyl (C=O) groups excluding carboxylic acids is 2. The molecule has 0 bridgehead atoms. The first kappa shape index (κ1) is 17.7. The highest BCUT2D eigenvalue weighted by Gasteiger charge is 2.15. The first-order valence-electron chi connectivity index (χ1n) is 6.74. The highest BCUT2D eigenvalue weighted by Crippen LogP contribution is 2.13. The second-order valence-corrected chi connectivity index (χ2v) is 5.51. The third-order valence-corrected chi connectivity index (χ3v) is 2.48. The molecule has 0 unspecified atom stereocenters. The predicted octanol–water partition coefficient (Wildman–Crippen LogP) is 3.15. The van der Waals surface area contributed by atoms with E-state index < -0.39 is 23.5 Å². The van der Waals surface area contributed by atoms with Crippen LogP contribution in [0.25, 0.3) is 6.08 Å². The van der Waals surface area contributed by atoms with Gasteiger partial charge in [0.2, 0.25) is 0 Å². The summed E-state index contributed by atoms with van der Waals surface area (Å²) in [6.07, 6.45) is 2.55. The van der Waals surface area contributed by atoms with E-state index in [0.29, 0.717) is 5.56 Å². The maximum absolute atomic E-state index is 13.8. The summed E-state index contributed by atoms with van der Waals surface area (Å²) < 4.78 is 23.4. The minimum atomic E-state index is -0.596. The third kappa shape index (κ3) is 5.95. The van der Waals surface area contributed by atoms with Crippen molar-refractivity contribution < 1.29 is 23.5 Å².